The molecule has 0 amide bonds. The molecule has 8 heteroatoms. The summed E-state index contributed by atoms with van der Waals surface area (Å²) < 4.78 is 41.9. The van der Waals surface area contributed by atoms with Gasteiger partial charge in [-0.2, -0.15) is 0 Å². The first-order chi connectivity index (χ1) is 23.8. The van der Waals surface area contributed by atoms with Crippen LogP contribution in [0, 0.1) is 21.7 Å². The second kappa shape index (κ2) is 16.5. The van der Waals surface area contributed by atoms with Crippen LogP contribution in [0.25, 0.3) is 0 Å². The van der Waals surface area contributed by atoms with Gasteiger partial charge in [0.05, 0.1) is 0 Å². The molecule has 0 saturated carbocycles. The number of hydrogen-bond acceptors (Lipinski definition) is 4. The van der Waals surface area contributed by atoms with Crippen molar-refractivity contribution in [2.75, 3.05) is 0 Å². The Hall–Kier alpha value is -1.32. The SMILES string of the molecule is CC(c1cc(C(C)(C)CC(C)(C)C)cc(C(C)(C)CC(C)(C)C)c1OP(O)F)c1cc(C(C)(C)CC(C)(C)C)cc(C(C)(C)CC(C)(C)C)c1OP(O)F. The fourth-order valence-corrected chi connectivity index (χ4v) is 10.7. The minimum atomic E-state index is -3.27. The summed E-state index contributed by atoms with van der Waals surface area (Å²) in [7, 11) is -6.55. The first kappa shape index (κ1) is 48.8. The van der Waals surface area contributed by atoms with Crippen molar-refractivity contribution in [3.05, 3.63) is 57.6 Å². The Bertz CT molecular complexity index is 1460. The predicted molar refractivity (Wildman–Crippen MR) is 231 cm³/mol. The highest BCUT2D eigenvalue weighted by Gasteiger charge is 2.40. The summed E-state index contributed by atoms with van der Waals surface area (Å²) in [5.41, 5.74) is 3.59. The maximum atomic E-state index is 15.0. The van der Waals surface area contributed by atoms with Gasteiger partial charge in [0.1, 0.15) is 11.5 Å². The molecule has 0 heterocycles. The van der Waals surface area contributed by atoms with Gasteiger partial charge in [-0.1, -0.05) is 170 Å². The molecular formula is C46H78F2O4P2. The standard InChI is InChI=1S/C46H78F2O4P2/c1-30(33-22-31(43(14,15)26-39(2,3)4)24-35(37(33)51-53(47)49)45(18,19)28-41(8,9)10)34-23-32(44(16,17)27-40(5,6)7)25-36(38(34)52-54(48)50)46(20,21)29-42(11,12)13/h22-25,30,49-50H,26-29H2,1-21H3. The van der Waals surface area contributed by atoms with Gasteiger partial charge in [0.25, 0.3) is 0 Å². The van der Waals surface area contributed by atoms with Crippen molar-refractivity contribution in [3.63, 3.8) is 0 Å². The Kier molecular flexibility index (Phi) is 14.9. The summed E-state index contributed by atoms with van der Waals surface area (Å²) >= 11 is 0. The van der Waals surface area contributed by atoms with Crippen LogP contribution >= 0.6 is 17.4 Å². The molecule has 2 aromatic rings. The minimum Gasteiger partial charge on any atom is -0.423 e. The van der Waals surface area contributed by atoms with E-state index in [0.29, 0.717) is 22.6 Å². The van der Waals surface area contributed by atoms with Gasteiger partial charge >= 0.3 is 17.4 Å². The molecule has 2 unspecified atom stereocenters. The zero-order chi connectivity index (χ0) is 42.4. The van der Waals surface area contributed by atoms with E-state index < -0.39 is 34.1 Å². The maximum absolute atomic E-state index is 15.0. The third kappa shape index (κ3) is 14.0. The van der Waals surface area contributed by atoms with Gasteiger partial charge in [-0.15, -0.1) is 8.39 Å². The Morgan fingerprint density at radius 1 is 0.463 bits per heavy atom. The van der Waals surface area contributed by atoms with Crippen molar-refractivity contribution in [1.82, 2.24) is 0 Å². The van der Waals surface area contributed by atoms with E-state index in [9.17, 15) is 18.2 Å². The molecule has 2 rings (SSSR count). The lowest BCUT2D eigenvalue weighted by Gasteiger charge is -2.39. The lowest BCUT2D eigenvalue weighted by atomic mass is 9.66. The fourth-order valence-electron chi connectivity index (χ4n) is 9.95. The third-order valence-electron chi connectivity index (χ3n) is 10.4. The van der Waals surface area contributed by atoms with Crippen LogP contribution in [0.5, 0.6) is 11.5 Å². The Morgan fingerprint density at radius 2 is 0.704 bits per heavy atom. The lowest BCUT2D eigenvalue weighted by molar-refractivity contribution is 0.275. The monoisotopic (exact) mass is 795 g/mol. The van der Waals surface area contributed by atoms with Crippen LogP contribution in [0.15, 0.2) is 24.3 Å². The highest BCUT2D eigenvalue weighted by molar-refractivity contribution is 7.40. The van der Waals surface area contributed by atoms with E-state index in [1.807, 2.05) is 6.92 Å². The average Bonchev–Trinajstić information content (AvgIpc) is 2.86. The zero-order valence-corrected chi connectivity index (χ0v) is 39.9. The molecule has 0 bridgehead atoms. The van der Waals surface area contributed by atoms with Crippen LogP contribution in [0.4, 0.5) is 8.39 Å². The molecule has 0 aliphatic carbocycles. The van der Waals surface area contributed by atoms with Crippen LogP contribution in [0.3, 0.4) is 0 Å². The first-order valence-electron chi connectivity index (χ1n) is 19.8. The molecule has 2 atom stereocenters. The van der Waals surface area contributed by atoms with E-state index >= 15 is 0 Å². The summed E-state index contributed by atoms with van der Waals surface area (Å²) in [6, 6.07) is 8.54. The molecule has 2 aromatic carbocycles. The zero-order valence-electron chi connectivity index (χ0n) is 38.1. The van der Waals surface area contributed by atoms with Crippen molar-refractivity contribution in [2.45, 2.75) is 199 Å². The Balaban J connectivity index is 3.34. The molecule has 4 nitrogen and oxygen atoms in total. The van der Waals surface area contributed by atoms with E-state index in [1.165, 1.54) is 0 Å². The molecule has 54 heavy (non-hydrogen) atoms. The van der Waals surface area contributed by atoms with Gasteiger partial charge in [-0.25, -0.2) is 0 Å². The highest BCUT2D eigenvalue weighted by atomic mass is 31.2. The first-order valence-corrected chi connectivity index (χ1v) is 22.0. The van der Waals surface area contributed by atoms with Gasteiger partial charge in [0.15, 0.2) is 0 Å². The Morgan fingerprint density at radius 3 is 0.926 bits per heavy atom. The normalized spacial score (nSPS) is 15.9. The fraction of sp³-hybridized carbons (Fsp3) is 0.739. The van der Waals surface area contributed by atoms with Gasteiger partial charge in [-0.05, 0) is 80.1 Å². The van der Waals surface area contributed by atoms with Gasteiger partial charge in [-0.3, -0.25) is 0 Å². The summed E-state index contributed by atoms with van der Waals surface area (Å²) in [6.45, 7) is 46.2. The van der Waals surface area contributed by atoms with Crippen LogP contribution in [0.2, 0.25) is 0 Å². The van der Waals surface area contributed by atoms with E-state index in [1.54, 1.807) is 0 Å². The van der Waals surface area contributed by atoms with E-state index in [4.69, 9.17) is 9.05 Å². The highest BCUT2D eigenvalue weighted by Crippen LogP contribution is 2.55. The van der Waals surface area contributed by atoms with Crippen LogP contribution in [-0.4, -0.2) is 9.79 Å². The predicted octanol–water partition coefficient (Wildman–Crippen LogP) is 15.8. The molecule has 0 fully saturated rings. The second-order valence-corrected chi connectivity index (χ2v) is 25.0. The quantitative estimate of drug-likeness (QED) is 0.187. The number of benzene rings is 2. The molecular weight excluding hydrogens is 716 g/mol. The molecule has 0 aliphatic rings. The summed E-state index contributed by atoms with van der Waals surface area (Å²) in [4.78, 5) is 20.7. The molecule has 0 aliphatic heterocycles. The summed E-state index contributed by atoms with van der Waals surface area (Å²) in [6.07, 6.45) is 3.32. The smallest absolute Gasteiger partial charge is 0.423 e. The van der Waals surface area contributed by atoms with Crippen molar-refractivity contribution < 1.29 is 27.2 Å². The molecule has 2 N–H and O–H groups in total. The van der Waals surface area contributed by atoms with E-state index in [2.05, 4.69) is 163 Å². The van der Waals surface area contributed by atoms with Crippen molar-refractivity contribution in [1.29, 1.82) is 0 Å². The lowest BCUT2D eigenvalue weighted by Crippen LogP contribution is -2.29. The van der Waals surface area contributed by atoms with E-state index in [-0.39, 0.29) is 32.5 Å². The van der Waals surface area contributed by atoms with Crippen molar-refractivity contribution in [2.24, 2.45) is 21.7 Å². The average molecular weight is 795 g/mol. The van der Waals surface area contributed by atoms with Gasteiger partial charge < -0.3 is 18.8 Å². The largest absolute Gasteiger partial charge is 0.436 e. The molecule has 0 saturated heterocycles. The molecule has 0 aromatic heterocycles. The van der Waals surface area contributed by atoms with Gasteiger partial charge in [0.2, 0.25) is 0 Å². The van der Waals surface area contributed by atoms with Crippen LogP contribution in [-0.2, 0) is 21.7 Å². The molecule has 0 spiro atoms. The number of rotatable bonds is 14. The summed E-state index contributed by atoms with van der Waals surface area (Å²) in [5, 5.41) is 0. The molecule has 310 valence electrons. The minimum absolute atomic E-state index is 0.0187. The number of hydrogen-bond donors (Lipinski definition) is 2. The second-order valence-electron chi connectivity index (χ2n) is 23.7. The van der Waals surface area contributed by atoms with Crippen molar-refractivity contribution in [3.8, 4) is 11.5 Å². The van der Waals surface area contributed by atoms with E-state index in [0.717, 1.165) is 47.9 Å². The van der Waals surface area contributed by atoms with Crippen LogP contribution in [0.1, 0.15) is 210 Å². The van der Waals surface area contributed by atoms with Crippen molar-refractivity contribution >= 4 is 17.4 Å². The topological polar surface area (TPSA) is 58.9 Å². The van der Waals surface area contributed by atoms with Crippen LogP contribution < -0.4 is 9.05 Å². The third-order valence-corrected chi connectivity index (χ3v) is 11.1. The molecule has 0 radical (unpaired) electrons. The number of halogens is 2. The summed E-state index contributed by atoms with van der Waals surface area (Å²) in [5.74, 6) is 0.120. The van der Waals surface area contributed by atoms with Gasteiger partial charge in [0, 0.05) is 28.2 Å². The maximum Gasteiger partial charge on any atom is 0.436 e. The Labute approximate surface area is 333 Å².